The zero-order valence-corrected chi connectivity index (χ0v) is 9.23. The first-order chi connectivity index (χ1) is 7.68. The van der Waals surface area contributed by atoms with Crippen LogP contribution < -0.4 is 5.32 Å². The van der Waals surface area contributed by atoms with Gasteiger partial charge in [-0.15, -0.1) is 0 Å². The number of hydrogen-bond acceptors (Lipinski definition) is 3. The molecule has 0 aliphatic carbocycles. The summed E-state index contributed by atoms with van der Waals surface area (Å²) in [6.07, 6.45) is 0.210. The number of para-hydroxylation sites is 1. The monoisotopic (exact) mass is 221 g/mol. The molecule has 4 nitrogen and oxygen atoms in total. The maximum atomic E-state index is 11.7. The van der Waals surface area contributed by atoms with Gasteiger partial charge in [0.15, 0.2) is 5.79 Å². The first kappa shape index (κ1) is 11.1. The van der Waals surface area contributed by atoms with E-state index in [0.717, 1.165) is 5.69 Å². The number of rotatable bonds is 3. The lowest BCUT2D eigenvalue weighted by Crippen LogP contribution is -2.31. The van der Waals surface area contributed by atoms with Crippen LogP contribution in [0.4, 0.5) is 5.69 Å². The molecule has 0 atom stereocenters. The Bertz CT molecular complexity index is 358. The topological polar surface area (TPSA) is 47.6 Å². The van der Waals surface area contributed by atoms with E-state index in [0.29, 0.717) is 13.2 Å². The van der Waals surface area contributed by atoms with Crippen LogP contribution in [0, 0.1) is 0 Å². The van der Waals surface area contributed by atoms with Gasteiger partial charge in [0, 0.05) is 5.69 Å². The average Bonchev–Trinajstić information content (AvgIpc) is 2.66. The SMILES string of the molecule is CC1(CC(=O)Nc2ccccc2)OCCO1. The molecule has 1 aromatic rings. The highest BCUT2D eigenvalue weighted by molar-refractivity contribution is 5.91. The molecule has 0 aromatic heterocycles. The Morgan fingerprint density at radius 3 is 2.56 bits per heavy atom. The van der Waals surface area contributed by atoms with Crippen LogP contribution in [0.1, 0.15) is 13.3 Å². The van der Waals surface area contributed by atoms with E-state index < -0.39 is 5.79 Å². The van der Waals surface area contributed by atoms with Gasteiger partial charge >= 0.3 is 0 Å². The van der Waals surface area contributed by atoms with E-state index in [1.165, 1.54) is 0 Å². The van der Waals surface area contributed by atoms with Gasteiger partial charge in [0.1, 0.15) is 0 Å². The van der Waals surface area contributed by atoms with Crippen molar-refractivity contribution in [2.45, 2.75) is 19.1 Å². The third kappa shape index (κ3) is 2.81. The number of amides is 1. The lowest BCUT2D eigenvalue weighted by Gasteiger charge is -2.21. The quantitative estimate of drug-likeness (QED) is 0.846. The van der Waals surface area contributed by atoms with E-state index in [9.17, 15) is 4.79 Å². The fourth-order valence-electron chi connectivity index (χ4n) is 1.68. The Kier molecular flexibility index (Phi) is 3.22. The van der Waals surface area contributed by atoms with E-state index in [2.05, 4.69) is 5.32 Å². The highest BCUT2D eigenvalue weighted by Gasteiger charge is 2.33. The molecule has 4 heteroatoms. The van der Waals surface area contributed by atoms with E-state index in [1.807, 2.05) is 30.3 Å². The molecule has 1 saturated heterocycles. The number of ether oxygens (including phenoxy) is 2. The van der Waals surface area contributed by atoms with Crippen molar-refractivity contribution >= 4 is 11.6 Å². The summed E-state index contributed by atoms with van der Waals surface area (Å²) in [5.74, 6) is -0.866. The predicted octanol–water partition coefficient (Wildman–Crippen LogP) is 1.78. The molecule has 1 N–H and O–H groups in total. The minimum Gasteiger partial charge on any atom is -0.347 e. The van der Waals surface area contributed by atoms with Gasteiger partial charge in [0.25, 0.3) is 0 Å². The molecule has 1 aliphatic heterocycles. The molecule has 0 spiro atoms. The maximum absolute atomic E-state index is 11.7. The van der Waals surface area contributed by atoms with Crippen molar-refractivity contribution in [1.82, 2.24) is 0 Å². The molecule has 1 aliphatic rings. The number of hydrogen-bond donors (Lipinski definition) is 1. The number of benzene rings is 1. The van der Waals surface area contributed by atoms with Gasteiger partial charge in [-0.3, -0.25) is 4.79 Å². The van der Waals surface area contributed by atoms with Crippen molar-refractivity contribution in [1.29, 1.82) is 0 Å². The van der Waals surface area contributed by atoms with Crippen molar-refractivity contribution in [3.63, 3.8) is 0 Å². The summed E-state index contributed by atoms with van der Waals surface area (Å²) in [7, 11) is 0. The largest absolute Gasteiger partial charge is 0.347 e. The Balaban J connectivity index is 1.89. The van der Waals surface area contributed by atoms with Gasteiger partial charge in [-0.05, 0) is 19.1 Å². The molecule has 0 radical (unpaired) electrons. The Hall–Kier alpha value is -1.39. The number of carbonyl (C=O) groups excluding carboxylic acids is 1. The molecule has 0 bridgehead atoms. The highest BCUT2D eigenvalue weighted by atomic mass is 16.7. The molecular formula is C12H15NO3. The third-order valence-corrected chi connectivity index (χ3v) is 2.44. The molecule has 1 aromatic carbocycles. The van der Waals surface area contributed by atoms with Crippen molar-refractivity contribution in [3.05, 3.63) is 30.3 Å². The minimum absolute atomic E-state index is 0.101. The molecule has 1 amide bonds. The van der Waals surface area contributed by atoms with Crippen molar-refractivity contribution < 1.29 is 14.3 Å². The smallest absolute Gasteiger partial charge is 0.229 e. The molecule has 16 heavy (non-hydrogen) atoms. The normalized spacial score (nSPS) is 18.3. The second kappa shape index (κ2) is 4.63. The Labute approximate surface area is 94.6 Å². The summed E-state index contributed by atoms with van der Waals surface area (Å²) in [6, 6.07) is 9.34. The van der Waals surface area contributed by atoms with Gasteiger partial charge < -0.3 is 14.8 Å². The average molecular weight is 221 g/mol. The second-order valence-corrected chi connectivity index (χ2v) is 3.92. The third-order valence-electron chi connectivity index (χ3n) is 2.44. The zero-order valence-electron chi connectivity index (χ0n) is 9.23. The van der Waals surface area contributed by atoms with Gasteiger partial charge in [-0.1, -0.05) is 18.2 Å². The summed E-state index contributed by atoms with van der Waals surface area (Å²) in [5, 5.41) is 2.80. The van der Waals surface area contributed by atoms with Crippen LogP contribution in [0.15, 0.2) is 30.3 Å². The van der Waals surface area contributed by atoms with Crippen LogP contribution in [-0.2, 0) is 14.3 Å². The molecule has 1 heterocycles. The van der Waals surface area contributed by atoms with Crippen molar-refractivity contribution in [2.24, 2.45) is 0 Å². The lowest BCUT2D eigenvalue weighted by atomic mass is 10.2. The first-order valence-corrected chi connectivity index (χ1v) is 5.31. The molecule has 0 saturated carbocycles. The first-order valence-electron chi connectivity index (χ1n) is 5.31. The molecule has 86 valence electrons. The van der Waals surface area contributed by atoms with Crippen LogP contribution >= 0.6 is 0 Å². The number of carbonyl (C=O) groups is 1. The molecule has 1 fully saturated rings. The molecule has 0 unspecified atom stereocenters. The Morgan fingerprint density at radius 1 is 1.31 bits per heavy atom. The Morgan fingerprint density at radius 2 is 1.94 bits per heavy atom. The lowest BCUT2D eigenvalue weighted by molar-refractivity contribution is -0.156. The second-order valence-electron chi connectivity index (χ2n) is 3.92. The van der Waals surface area contributed by atoms with Gasteiger partial charge in [0.2, 0.25) is 5.91 Å². The summed E-state index contributed by atoms with van der Waals surface area (Å²) < 4.78 is 10.7. The van der Waals surface area contributed by atoms with Crippen LogP contribution in [-0.4, -0.2) is 24.9 Å². The molecular weight excluding hydrogens is 206 g/mol. The van der Waals surface area contributed by atoms with Crippen LogP contribution in [0.5, 0.6) is 0 Å². The highest BCUT2D eigenvalue weighted by Crippen LogP contribution is 2.23. The summed E-state index contributed by atoms with van der Waals surface area (Å²) in [5.41, 5.74) is 0.786. The van der Waals surface area contributed by atoms with Crippen LogP contribution in [0.2, 0.25) is 0 Å². The summed E-state index contributed by atoms with van der Waals surface area (Å²) in [6.45, 7) is 2.88. The van der Waals surface area contributed by atoms with E-state index in [1.54, 1.807) is 6.92 Å². The van der Waals surface area contributed by atoms with Gasteiger partial charge in [-0.2, -0.15) is 0 Å². The van der Waals surface area contributed by atoms with Gasteiger partial charge in [0.05, 0.1) is 19.6 Å². The molecule has 2 rings (SSSR count). The van der Waals surface area contributed by atoms with Crippen molar-refractivity contribution in [3.8, 4) is 0 Å². The van der Waals surface area contributed by atoms with Crippen molar-refractivity contribution in [2.75, 3.05) is 18.5 Å². The zero-order chi connectivity index (χ0) is 11.4. The van der Waals surface area contributed by atoms with Gasteiger partial charge in [-0.25, -0.2) is 0 Å². The van der Waals surface area contributed by atoms with Crippen LogP contribution in [0.3, 0.4) is 0 Å². The number of anilines is 1. The van der Waals surface area contributed by atoms with E-state index in [4.69, 9.17) is 9.47 Å². The maximum Gasteiger partial charge on any atom is 0.229 e. The summed E-state index contributed by atoms with van der Waals surface area (Å²) >= 11 is 0. The minimum atomic E-state index is -0.765. The standard InChI is InChI=1S/C12H15NO3/c1-12(15-7-8-16-12)9-11(14)13-10-5-3-2-4-6-10/h2-6H,7-9H2,1H3,(H,13,14). The predicted molar refractivity (Wildman–Crippen MR) is 60.0 cm³/mol. The van der Waals surface area contributed by atoms with E-state index in [-0.39, 0.29) is 12.3 Å². The number of nitrogens with one attached hydrogen (secondary N) is 1. The van der Waals surface area contributed by atoms with E-state index >= 15 is 0 Å². The fourth-order valence-corrected chi connectivity index (χ4v) is 1.68. The summed E-state index contributed by atoms with van der Waals surface area (Å²) in [4.78, 5) is 11.7. The fraction of sp³-hybridized carbons (Fsp3) is 0.417. The van der Waals surface area contributed by atoms with Crippen LogP contribution in [0.25, 0.3) is 0 Å².